The smallest absolute Gasteiger partial charge is 0.323 e. The van der Waals surface area contributed by atoms with E-state index in [9.17, 15) is 9.59 Å². The van der Waals surface area contributed by atoms with E-state index in [0.717, 1.165) is 44.7 Å². The molecule has 0 radical (unpaired) electrons. The predicted octanol–water partition coefficient (Wildman–Crippen LogP) is 2.66. The molecule has 1 fully saturated rings. The highest BCUT2D eigenvalue weighted by molar-refractivity contribution is 6.02. The number of anilines is 2. The highest BCUT2D eigenvalue weighted by Crippen LogP contribution is 2.17. The molecule has 0 spiro atoms. The van der Waals surface area contributed by atoms with E-state index >= 15 is 0 Å². The molecule has 7 heteroatoms. The van der Waals surface area contributed by atoms with E-state index in [1.807, 2.05) is 43.3 Å². The molecule has 29 heavy (non-hydrogen) atoms. The van der Waals surface area contributed by atoms with E-state index in [1.165, 1.54) is 0 Å². The monoisotopic (exact) mass is 395 g/mol. The molecule has 7 nitrogen and oxygen atoms in total. The van der Waals surface area contributed by atoms with Gasteiger partial charge < -0.3 is 26.2 Å². The molecule has 1 heterocycles. The summed E-state index contributed by atoms with van der Waals surface area (Å²) in [4.78, 5) is 27.1. The van der Waals surface area contributed by atoms with Gasteiger partial charge in [-0.1, -0.05) is 24.3 Å². The van der Waals surface area contributed by atoms with Crippen molar-refractivity contribution in [2.45, 2.75) is 13.3 Å². The molecular weight excluding hydrogens is 366 g/mol. The van der Waals surface area contributed by atoms with E-state index in [1.54, 1.807) is 12.1 Å². The lowest BCUT2D eigenvalue weighted by molar-refractivity contribution is 0.0951. The highest BCUT2D eigenvalue weighted by Gasteiger charge is 2.12. The van der Waals surface area contributed by atoms with Gasteiger partial charge in [0, 0.05) is 49.7 Å². The summed E-state index contributed by atoms with van der Waals surface area (Å²) < 4.78 is 0. The first kappa shape index (κ1) is 20.8. The maximum atomic E-state index is 12.5. The van der Waals surface area contributed by atoms with Crippen molar-refractivity contribution < 1.29 is 9.59 Å². The van der Waals surface area contributed by atoms with Crippen molar-refractivity contribution in [1.82, 2.24) is 15.5 Å². The average molecular weight is 396 g/mol. The molecule has 154 valence electrons. The Bertz CT molecular complexity index is 819. The number of nitrogens with zero attached hydrogens (tertiary/aromatic N) is 1. The van der Waals surface area contributed by atoms with Crippen LogP contribution in [0.1, 0.15) is 22.3 Å². The average Bonchev–Trinajstić information content (AvgIpc) is 2.74. The molecule has 0 saturated carbocycles. The van der Waals surface area contributed by atoms with Crippen molar-refractivity contribution in [1.29, 1.82) is 0 Å². The number of carbonyl (C=O) groups excluding carboxylic acids is 2. The van der Waals surface area contributed by atoms with Gasteiger partial charge in [0.1, 0.15) is 0 Å². The molecule has 1 aliphatic rings. The van der Waals surface area contributed by atoms with Crippen LogP contribution in [0, 0.1) is 6.92 Å². The van der Waals surface area contributed by atoms with Crippen LogP contribution in [0.5, 0.6) is 0 Å². The van der Waals surface area contributed by atoms with Gasteiger partial charge in [-0.15, -0.1) is 0 Å². The van der Waals surface area contributed by atoms with Gasteiger partial charge in [-0.05, 0) is 49.7 Å². The Morgan fingerprint density at radius 1 is 1.03 bits per heavy atom. The molecule has 0 aliphatic carbocycles. The summed E-state index contributed by atoms with van der Waals surface area (Å²) in [5.74, 6) is -0.128. The molecule has 3 rings (SSSR count). The number of para-hydroxylation sites is 1. The number of hydrogen-bond acceptors (Lipinski definition) is 4. The molecule has 4 N–H and O–H groups in total. The fourth-order valence-corrected chi connectivity index (χ4v) is 3.25. The molecule has 0 bridgehead atoms. The first-order chi connectivity index (χ1) is 14.1. The Balaban J connectivity index is 1.49. The molecule has 2 aromatic rings. The third kappa shape index (κ3) is 6.58. The quantitative estimate of drug-likeness (QED) is 0.543. The zero-order valence-corrected chi connectivity index (χ0v) is 16.8. The van der Waals surface area contributed by atoms with Crippen LogP contribution in [-0.4, -0.2) is 56.1 Å². The van der Waals surface area contributed by atoms with Crippen molar-refractivity contribution in [3.8, 4) is 0 Å². The molecule has 2 aromatic carbocycles. The summed E-state index contributed by atoms with van der Waals surface area (Å²) in [6.07, 6.45) is 0.919. The second-order valence-electron chi connectivity index (χ2n) is 7.18. The second kappa shape index (κ2) is 10.6. The van der Waals surface area contributed by atoms with Crippen molar-refractivity contribution >= 4 is 23.3 Å². The number of amides is 3. The zero-order chi connectivity index (χ0) is 20.5. The fourth-order valence-electron chi connectivity index (χ4n) is 3.25. The lowest BCUT2D eigenvalue weighted by Crippen LogP contribution is -2.44. The summed E-state index contributed by atoms with van der Waals surface area (Å²) in [7, 11) is 0. The summed E-state index contributed by atoms with van der Waals surface area (Å²) in [6.45, 7) is 7.70. The van der Waals surface area contributed by atoms with Crippen LogP contribution >= 0.6 is 0 Å². The van der Waals surface area contributed by atoms with Crippen LogP contribution in [0.4, 0.5) is 16.2 Å². The normalized spacial score (nSPS) is 14.2. The van der Waals surface area contributed by atoms with Crippen LogP contribution in [0.25, 0.3) is 0 Å². The zero-order valence-electron chi connectivity index (χ0n) is 16.8. The van der Waals surface area contributed by atoms with Crippen LogP contribution < -0.4 is 21.3 Å². The predicted molar refractivity (Wildman–Crippen MR) is 117 cm³/mol. The summed E-state index contributed by atoms with van der Waals surface area (Å²) in [5, 5.41) is 11.9. The number of rotatable bonds is 7. The lowest BCUT2D eigenvalue weighted by Gasteiger charge is -2.27. The van der Waals surface area contributed by atoms with E-state index in [2.05, 4.69) is 26.2 Å². The van der Waals surface area contributed by atoms with E-state index in [0.29, 0.717) is 23.5 Å². The maximum absolute atomic E-state index is 12.5. The Labute approximate surface area is 171 Å². The molecule has 1 aliphatic heterocycles. The molecule has 0 atom stereocenters. The van der Waals surface area contributed by atoms with Crippen LogP contribution in [-0.2, 0) is 0 Å². The van der Waals surface area contributed by atoms with Crippen LogP contribution in [0.2, 0.25) is 0 Å². The minimum absolute atomic E-state index is 0.128. The SMILES string of the molecule is Cc1ccc(C(=O)NCCCN2CCNCC2)cc1NC(=O)Nc1ccccc1. The van der Waals surface area contributed by atoms with Crippen molar-refractivity contribution in [3.05, 3.63) is 59.7 Å². The minimum atomic E-state index is -0.340. The number of benzene rings is 2. The van der Waals surface area contributed by atoms with Gasteiger partial charge in [0.2, 0.25) is 0 Å². The first-order valence-corrected chi connectivity index (χ1v) is 10.1. The molecule has 1 saturated heterocycles. The first-order valence-electron chi connectivity index (χ1n) is 10.1. The number of hydrogen-bond donors (Lipinski definition) is 4. The van der Waals surface area contributed by atoms with Gasteiger partial charge in [-0.2, -0.15) is 0 Å². The van der Waals surface area contributed by atoms with Crippen molar-refractivity contribution in [2.24, 2.45) is 0 Å². The molecular formula is C22H29N5O2. The summed E-state index contributed by atoms with van der Waals surface area (Å²) >= 11 is 0. The Kier molecular flexibility index (Phi) is 7.61. The van der Waals surface area contributed by atoms with Gasteiger partial charge in [0.25, 0.3) is 5.91 Å². The van der Waals surface area contributed by atoms with Gasteiger partial charge in [-0.3, -0.25) is 4.79 Å². The van der Waals surface area contributed by atoms with Gasteiger partial charge in [0.15, 0.2) is 0 Å². The summed E-state index contributed by atoms with van der Waals surface area (Å²) in [6, 6.07) is 14.2. The lowest BCUT2D eigenvalue weighted by atomic mass is 10.1. The van der Waals surface area contributed by atoms with E-state index < -0.39 is 0 Å². The van der Waals surface area contributed by atoms with Crippen LogP contribution in [0.15, 0.2) is 48.5 Å². The Morgan fingerprint density at radius 2 is 1.79 bits per heavy atom. The molecule has 0 aromatic heterocycles. The Hall–Kier alpha value is -2.90. The number of carbonyl (C=O) groups is 2. The van der Waals surface area contributed by atoms with E-state index in [4.69, 9.17) is 0 Å². The Morgan fingerprint density at radius 3 is 2.55 bits per heavy atom. The maximum Gasteiger partial charge on any atom is 0.323 e. The highest BCUT2D eigenvalue weighted by atomic mass is 16.2. The van der Waals surface area contributed by atoms with Gasteiger partial charge >= 0.3 is 6.03 Å². The third-order valence-corrected chi connectivity index (χ3v) is 4.93. The van der Waals surface area contributed by atoms with Gasteiger partial charge in [-0.25, -0.2) is 4.79 Å². The number of nitrogens with one attached hydrogen (secondary N) is 4. The number of aryl methyl sites for hydroxylation is 1. The number of piperazine rings is 1. The van der Waals surface area contributed by atoms with Gasteiger partial charge in [0.05, 0.1) is 0 Å². The number of urea groups is 1. The second-order valence-corrected chi connectivity index (χ2v) is 7.18. The summed E-state index contributed by atoms with van der Waals surface area (Å²) in [5.41, 5.74) is 2.75. The minimum Gasteiger partial charge on any atom is -0.352 e. The topological polar surface area (TPSA) is 85.5 Å². The fraction of sp³-hybridized carbons (Fsp3) is 0.364. The van der Waals surface area contributed by atoms with Crippen LogP contribution in [0.3, 0.4) is 0 Å². The standard InChI is InChI=1S/C22H29N5O2/c1-17-8-9-18(21(28)24-10-5-13-27-14-11-23-12-15-27)16-20(17)26-22(29)25-19-6-3-2-4-7-19/h2-4,6-9,16,23H,5,10-15H2,1H3,(H,24,28)(H2,25,26,29). The molecule has 0 unspecified atom stereocenters. The van der Waals surface area contributed by atoms with E-state index in [-0.39, 0.29) is 11.9 Å². The van der Waals surface area contributed by atoms with Crippen molar-refractivity contribution in [3.63, 3.8) is 0 Å². The largest absolute Gasteiger partial charge is 0.352 e. The van der Waals surface area contributed by atoms with Crippen molar-refractivity contribution in [2.75, 3.05) is 49.9 Å². The molecule has 3 amide bonds. The third-order valence-electron chi connectivity index (χ3n) is 4.93.